The summed E-state index contributed by atoms with van der Waals surface area (Å²) < 4.78 is 4.74. The average Bonchev–Trinajstić information content (AvgIpc) is 3.76. The van der Waals surface area contributed by atoms with Gasteiger partial charge in [-0.2, -0.15) is 0 Å². The zero-order valence-corrected chi connectivity index (χ0v) is 24.6. The number of hydrogen-bond acceptors (Lipinski definition) is 2. The van der Waals surface area contributed by atoms with Gasteiger partial charge in [0.05, 0.1) is 38.8 Å². The Bertz CT molecular complexity index is 3020. The van der Waals surface area contributed by atoms with Crippen molar-refractivity contribution in [1.29, 1.82) is 0 Å². The molecule has 0 saturated carbocycles. The molecule has 0 saturated heterocycles. The van der Waals surface area contributed by atoms with Gasteiger partial charge in [0.1, 0.15) is 0 Å². The first-order chi connectivity index (χ1) is 22.8. The summed E-state index contributed by atoms with van der Waals surface area (Å²) >= 11 is 0. The maximum Gasteiger partial charge on any atom is 0.235 e. The number of nitrogens with zero attached hydrogens (tertiary/aromatic N) is 4. The van der Waals surface area contributed by atoms with E-state index >= 15 is 0 Å². The van der Waals surface area contributed by atoms with Crippen LogP contribution in [0.1, 0.15) is 0 Å². The lowest BCUT2D eigenvalue weighted by Crippen LogP contribution is -2.03. The summed E-state index contributed by atoms with van der Waals surface area (Å²) in [6, 6.07) is 52.0. The quantitative estimate of drug-likeness (QED) is 0.190. The van der Waals surface area contributed by atoms with Crippen molar-refractivity contribution >= 4 is 81.6 Å². The lowest BCUT2D eigenvalue weighted by atomic mass is 10.0. The highest BCUT2D eigenvalue weighted by atomic mass is 15.2. The minimum Gasteiger partial charge on any atom is -0.308 e. The van der Waals surface area contributed by atoms with Gasteiger partial charge in [0.15, 0.2) is 0 Å². The van der Waals surface area contributed by atoms with Gasteiger partial charge in [-0.25, -0.2) is 9.97 Å². The van der Waals surface area contributed by atoms with Crippen LogP contribution in [-0.2, 0) is 0 Å². The fraction of sp³-hybridized carbons (Fsp3) is 0. The topological polar surface area (TPSA) is 35.1 Å². The van der Waals surface area contributed by atoms with Crippen molar-refractivity contribution in [3.05, 3.63) is 146 Å². The molecule has 0 aliphatic rings. The first-order valence-corrected chi connectivity index (χ1v) is 15.7. The number of benzene rings is 7. The summed E-state index contributed by atoms with van der Waals surface area (Å²) in [5, 5.41) is 10.8. The highest BCUT2D eigenvalue weighted by Crippen LogP contribution is 2.46. The molecule has 46 heavy (non-hydrogen) atoms. The van der Waals surface area contributed by atoms with Crippen LogP contribution in [0.3, 0.4) is 0 Å². The van der Waals surface area contributed by atoms with Crippen molar-refractivity contribution in [2.75, 3.05) is 0 Å². The molecule has 0 unspecified atom stereocenters. The van der Waals surface area contributed by atoms with E-state index in [-0.39, 0.29) is 0 Å². The Labute approximate surface area is 262 Å². The first-order valence-electron chi connectivity index (χ1n) is 15.7. The van der Waals surface area contributed by atoms with Crippen LogP contribution in [0.15, 0.2) is 146 Å². The average molecular weight is 585 g/mol. The van der Waals surface area contributed by atoms with E-state index in [0.29, 0.717) is 5.95 Å². The maximum absolute atomic E-state index is 5.42. The molecule has 0 bridgehead atoms. The Kier molecular flexibility index (Phi) is 4.55. The van der Waals surface area contributed by atoms with E-state index in [4.69, 9.17) is 9.97 Å². The van der Waals surface area contributed by atoms with Crippen molar-refractivity contribution in [3.8, 4) is 17.2 Å². The molecule has 0 atom stereocenters. The fourth-order valence-corrected chi connectivity index (χ4v) is 7.95. The third-order valence-electron chi connectivity index (χ3n) is 9.83. The van der Waals surface area contributed by atoms with Gasteiger partial charge in [0, 0.05) is 48.7 Å². The molecule has 7 aromatic carbocycles. The van der Waals surface area contributed by atoms with Gasteiger partial charge in [-0.3, -0.25) is 4.57 Å². The van der Waals surface area contributed by atoms with Gasteiger partial charge in [0.25, 0.3) is 0 Å². The van der Waals surface area contributed by atoms with Crippen LogP contribution < -0.4 is 0 Å². The molecule has 0 spiro atoms. The largest absolute Gasteiger partial charge is 0.308 e. The SMILES string of the molecule is c1ccc(-c2nc(-n3c4ccccc4c4c5c6ccccc6n6c7ccccc7c(cc43)c56)nc3c2ccc2ccccc23)cc1. The molecule has 11 aromatic rings. The molecule has 212 valence electrons. The normalized spacial score (nSPS) is 12.3. The number of aromatic nitrogens is 4. The molecule has 0 radical (unpaired) electrons. The summed E-state index contributed by atoms with van der Waals surface area (Å²) in [6.07, 6.45) is 0. The Hall–Kier alpha value is -6.26. The van der Waals surface area contributed by atoms with Crippen LogP contribution >= 0.6 is 0 Å². The summed E-state index contributed by atoms with van der Waals surface area (Å²) in [6.45, 7) is 0. The summed E-state index contributed by atoms with van der Waals surface area (Å²) in [5.41, 5.74) is 8.91. The van der Waals surface area contributed by atoms with Gasteiger partial charge in [0.2, 0.25) is 5.95 Å². The number of hydrogen-bond donors (Lipinski definition) is 0. The molecule has 11 rings (SSSR count). The number of para-hydroxylation sites is 3. The molecule has 0 N–H and O–H groups in total. The molecular weight excluding hydrogens is 560 g/mol. The second-order valence-corrected chi connectivity index (χ2v) is 12.2. The second-order valence-electron chi connectivity index (χ2n) is 12.2. The Morgan fingerprint density at radius 2 is 1.04 bits per heavy atom. The molecule has 4 heteroatoms. The van der Waals surface area contributed by atoms with Gasteiger partial charge in [-0.05, 0) is 35.7 Å². The third kappa shape index (κ3) is 2.98. The van der Waals surface area contributed by atoms with Crippen molar-refractivity contribution in [2.24, 2.45) is 0 Å². The van der Waals surface area contributed by atoms with Gasteiger partial charge >= 0.3 is 0 Å². The Morgan fingerprint density at radius 1 is 0.413 bits per heavy atom. The fourth-order valence-electron chi connectivity index (χ4n) is 7.95. The highest BCUT2D eigenvalue weighted by Gasteiger charge is 2.25. The van der Waals surface area contributed by atoms with Gasteiger partial charge < -0.3 is 4.40 Å². The zero-order chi connectivity index (χ0) is 29.9. The van der Waals surface area contributed by atoms with E-state index in [2.05, 4.69) is 155 Å². The molecule has 0 aliphatic carbocycles. The predicted molar refractivity (Wildman–Crippen MR) is 191 cm³/mol. The Morgan fingerprint density at radius 3 is 1.85 bits per heavy atom. The Balaban J connectivity index is 1.38. The van der Waals surface area contributed by atoms with Gasteiger partial charge in [-0.1, -0.05) is 115 Å². The molecule has 4 heterocycles. The smallest absolute Gasteiger partial charge is 0.235 e. The van der Waals surface area contributed by atoms with E-state index in [1.807, 2.05) is 0 Å². The van der Waals surface area contributed by atoms with Crippen molar-refractivity contribution in [1.82, 2.24) is 18.9 Å². The number of rotatable bonds is 2. The molecule has 4 nitrogen and oxygen atoms in total. The van der Waals surface area contributed by atoms with Crippen LogP contribution in [0, 0.1) is 0 Å². The first kappa shape index (κ1) is 24.1. The zero-order valence-electron chi connectivity index (χ0n) is 24.6. The van der Waals surface area contributed by atoms with E-state index in [1.165, 1.54) is 54.3 Å². The van der Waals surface area contributed by atoms with Crippen LogP contribution in [0.2, 0.25) is 0 Å². The van der Waals surface area contributed by atoms with Crippen LogP contribution in [-0.4, -0.2) is 18.9 Å². The molecule has 0 amide bonds. The highest BCUT2D eigenvalue weighted by molar-refractivity contribution is 6.35. The van der Waals surface area contributed by atoms with E-state index < -0.39 is 0 Å². The van der Waals surface area contributed by atoms with Gasteiger partial charge in [-0.15, -0.1) is 0 Å². The van der Waals surface area contributed by atoms with Crippen molar-refractivity contribution in [2.45, 2.75) is 0 Å². The molecular formula is C42H24N4. The van der Waals surface area contributed by atoms with E-state index in [1.54, 1.807) is 0 Å². The number of fused-ring (bicyclic) bond motifs is 13. The lowest BCUT2D eigenvalue weighted by Gasteiger charge is -2.13. The maximum atomic E-state index is 5.42. The van der Waals surface area contributed by atoms with E-state index in [0.717, 1.165) is 38.6 Å². The summed E-state index contributed by atoms with van der Waals surface area (Å²) in [4.78, 5) is 10.8. The predicted octanol–water partition coefficient (Wildman–Crippen LogP) is 10.7. The second kappa shape index (κ2) is 8.68. The monoisotopic (exact) mass is 584 g/mol. The minimum absolute atomic E-state index is 0.676. The van der Waals surface area contributed by atoms with Crippen LogP contribution in [0.4, 0.5) is 0 Å². The third-order valence-corrected chi connectivity index (χ3v) is 9.83. The standard InChI is InChI=1S/C42H24N4/c1-2-13-26(14-3-1)39-31-23-22-25-12-4-5-15-27(25)40(31)44-42(43-39)46-35-21-11-7-17-29(35)37-36(46)24-32-28-16-6-9-19-33(28)45-34-20-10-8-18-30(34)38(37)41(32)45/h1-24H. The molecule has 0 aliphatic heterocycles. The molecule has 4 aromatic heterocycles. The van der Waals surface area contributed by atoms with Crippen molar-refractivity contribution < 1.29 is 0 Å². The minimum atomic E-state index is 0.676. The summed E-state index contributed by atoms with van der Waals surface area (Å²) in [7, 11) is 0. The summed E-state index contributed by atoms with van der Waals surface area (Å²) in [5.74, 6) is 0.676. The van der Waals surface area contributed by atoms with E-state index in [9.17, 15) is 0 Å². The van der Waals surface area contributed by atoms with Crippen LogP contribution in [0.5, 0.6) is 0 Å². The van der Waals surface area contributed by atoms with Crippen molar-refractivity contribution in [3.63, 3.8) is 0 Å². The van der Waals surface area contributed by atoms with Crippen LogP contribution in [0.25, 0.3) is 98.8 Å². The molecule has 0 fully saturated rings. The lowest BCUT2D eigenvalue weighted by molar-refractivity contribution is 1.02.